The van der Waals surface area contributed by atoms with E-state index in [-0.39, 0.29) is 12.1 Å². The fourth-order valence-electron chi connectivity index (χ4n) is 0.162. The first-order chi connectivity index (χ1) is 3.66. The average Bonchev–Trinajstić information content (AvgIpc) is 1.65. The molecular formula is C3H5Cl2O2P. The minimum atomic E-state index is -1.18. The Morgan fingerprint density at radius 3 is 2.38 bits per heavy atom. The van der Waals surface area contributed by atoms with Crippen LogP contribution in [-0.2, 0) is 9.53 Å². The predicted octanol–water partition coefficient (Wildman–Crippen LogP) is 1.95. The molecule has 0 aliphatic rings. The highest BCUT2D eigenvalue weighted by molar-refractivity contribution is 8.04. The second-order valence-electron chi connectivity index (χ2n) is 1.04. The van der Waals surface area contributed by atoms with Crippen LogP contribution in [0.25, 0.3) is 0 Å². The molecule has 5 heteroatoms. The SMILES string of the molecule is COC(=O)CP(Cl)Cl. The van der Waals surface area contributed by atoms with Crippen molar-refractivity contribution in [2.75, 3.05) is 13.3 Å². The minimum Gasteiger partial charge on any atom is -0.469 e. The molecule has 0 N–H and O–H groups in total. The molecule has 0 saturated carbocycles. The minimum absolute atomic E-state index is 0.120. The number of hydrogen-bond donors (Lipinski definition) is 0. The number of ether oxygens (including phenoxy) is 1. The third kappa shape index (κ3) is 4.63. The second-order valence-corrected chi connectivity index (χ2v) is 4.93. The third-order valence-electron chi connectivity index (χ3n) is 0.476. The van der Waals surface area contributed by atoms with E-state index in [1.807, 2.05) is 0 Å². The van der Waals surface area contributed by atoms with Gasteiger partial charge in [0.2, 0.25) is 0 Å². The van der Waals surface area contributed by atoms with Crippen LogP contribution < -0.4 is 0 Å². The van der Waals surface area contributed by atoms with Crippen molar-refractivity contribution in [3.05, 3.63) is 0 Å². The molecule has 48 valence electrons. The van der Waals surface area contributed by atoms with Gasteiger partial charge in [0.15, 0.2) is 0 Å². The van der Waals surface area contributed by atoms with Gasteiger partial charge in [-0.3, -0.25) is 4.79 Å². The van der Waals surface area contributed by atoms with Gasteiger partial charge >= 0.3 is 5.97 Å². The molecule has 0 saturated heterocycles. The van der Waals surface area contributed by atoms with Crippen LogP contribution in [-0.4, -0.2) is 19.2 Å². The van der Waals surface area contributed by atoms with Gasteiger partial charge in [-0.25, -0.2) is 0 Å². The molecule has 0 aromatic carbocycles. The van der Waals surface area contributed by atoms with Crippen LogP contribution in [0.15, 0.2) is 0 Å². The van der Waals surface area contributed by atoms with Crippen LogP contribution in [0.4, 0.5) is 0 Å². The summed E-state index contributed by atoms with van der Waals surface area (Å²) in [4.78, 5) is 10.2. The van der Waals surface area contributed by atoms with Gasteiger partial charge in [0.1, 0.15) is 0 Å². The summed E-state index contributed by atoms with van der Waals surface area (Å²) in [5.74, 6) is -0.360. The van der Waals surface area contributed by atoms with Crippen molar-refractivity contribution >= 4 is 35.1 Å². The Morgan fingerprint density at radius 2 is 2.25 bits per heavy atom. The van der Waals surface area contributed by atoms with Crippen LogP contribution in [0.1, 0.15) is 0 Å². The predicted molar refractivity (Wildman–Crippen MR) is 35.5 cm³/mol. The number of hydrogen-bond acceptors (Lipinski definition) is 2. The number of methoxy groups -OCH3 is 1. The van der Waals surface area contributed by atoms with Gasteiger partial charge in [-0.15, -0.1) is 0 Å². The fourth-order valence-corrected chi connectivity index (χ4v) is 1.07. The number of halogens is 2. The Morgan fingerprint density at radius 1 is 1.75 bits per heavy atom. The lowest BCUT2D eigenvalue weighted by molar-refractivity contribution is -0.137. The molecule has 0 aromatic rings. The molecule has 2 nitrogen and oxygen atoms in total. The van der Waals surface area contributed by atoms with Gasteiger partial charge in [-0.1, -0.05) is 22.5 Å². The van der Waals surface area contributed by atoms with E-state index in [0.717, 1.165) is 0 Å². The second kappa shape index (κ2) is 4.37. The van der Waals surface area contributed by atoms with Crippen molar-refractivity contribution in [2.45, 2.75) is 0 Å². The Labute approximate surface area is 58.4 Å². The van der Waals surface area contributed by atoms with E-state index in [1.54, 1.807) is 0 Å². The maximum absolute atomic E-state index is 10.2. The molecule has 0 bridgehead atoms. The van der Waals surface area contributed by atoms with Crippen molar-refractivity contribution in [1.82, 2.24) is 0 Å². The van der Waals surface area contributed by atoms with Crippen LogP contribution in [0, 0.1) is 0 Å². The molecule has 0 spiro atoms. The summed E-state index contributed by atoms with van der Waals surface area (Å²) in [7, 11) is 1.30. The number of carbonyl (C=O) groups is 1. The van der Waals surface area contributed by atoms with E-state index in [2.05, 4.69) is 4.74 Å². The van der Waals surface area contributed by atoms with Gasteiger partial charge in [0.25, 0.3) is 0 Å². The molecule has 8 heavy (non-hydrogen) atoms. The van der Waals surface area contributed by atoms with Gasteiger partial charge < -0.3 is 4.74 Å². The Bertz CT molecular complexity index is 85.4. The quantitative estimate of drug-likeness (QED) is 0.473. The zero-order valence-electron chi connectivity index (χ0n) is 4.23. The van der Waals surface area contributed by atoms with Gasteiger partial charge in [-0.2, -0.15) is 0 Å². The summed E-state index contributed by atoms with van der Waals surface area (Å²) in [6, 6.07) is 0. The molecule has 0 unspecified atom stereocenters. The number of carbonyl (C=O) groups excluding carboxylic acids is 1. The molecule has 0 heterocycles. The van der Waals surface area contributed by atoms with E-state index < -0.39 is 6.63 Å². The van der Waals surface area contributed by atoms with Gasteiger partial charge in [0.05, 0.1) is 19.9 Å². The van der Waals surface area contributed by atoms with Crippen LogP contribution in [0.2, 0.25) is 0 Å². The van der Waals surface area contributed by atoms with Crippen molar-refractivity contribution in [3.8, 4) is 0 Å². The lowest BCUT2D eigenvalue weighted by Gasteiger charge is -1.95. The van der Waals surface area contributed by atoms with Crippen LogP contribution in [0.3, 0.4) is 0 Å². The summed E-state index contributed by atoms with van der Waals surface area (Å²) in [6.07, 6.45) is 0.120. The van der Waals surface area contributed by atoms with Gasteiger partial charge in [0, 0.05) is 0 Å². The Hall–Kier alpha value is 0.480. The lowest BCUT2D eigenvalue weighted by atomic mass is 10.8. The maximum Gasteiger partial charge on any atom is 0.312 e. The molecule has 0 aliphatic carbocycles. The summed E-state index contributed by atoms with van der Waals surface area (Å²) in [6.45, 7) is -1.18. The Kier molecular flexibility index (Phi) is 4.63. The Balaban J connectivity index is 3.25. The zero-order valence-corrected chi connectivity index (χ0v) is 6.63. The summed E-state index contributed by atoms with van der Waals surface area (Å²) >= 11 is 10.6. The monoisotopic (exact) mass is 174 g/mol. The molecule has 0 aromatic heterocycles. The summed E-state index contributed by atoms with van der Waals surface area (Å²) in [5.41, 5.74) is 0. The summed E-state index contributed by atoms with van der Waals surface area (Å²) in [5, 5.41) is 0. The first-order valence-electron chi connectivity index (χ1n) is 1.82. The molecule has 0 amide bonds. The lowest BCUT2D eigenvalue weighted by Crippen LogP contribution is -2.01. The molecule has 0 aliphatic heterocycles. The topological polar surface area (TPSA) is 26.3 Å². The largest absolute Gasteiger partial charge is 0.469 e. The van der Waals surface area contributed by atoms with E-state index in [4.69, 9.17) is 22.5 Å². The number of rotatable bonds is 2. The first kappa shape index (κ1) is 8.48. The van der Waals surface area contributed by atoms with Crippen molar-refractivity contribution in [2.24, 2.45) is 0 Å². The third-order valence-corrected chi connectivity index (χ3v) is 1.69. The average molecular weight is 175 g/mol. The first-order valence-corrected chi connectivity index (χ1v) is 5.16. The standard InChI is InChI=1S/C3H5Cl2O2P/c1-7-3(6)2-8(4)5/h2H2,1H3. The maximum atomic E-state index is 10.2. The van der Waals surface area contributed by atoms with E-state index >= 15 is 0 Å². The van der Waals surface area contributed by atoms with Crippen molar-refractivity contribution < 1.29 is 9.53 Å². The highest BCUT2D eigenvalue weighted by Gasteiger charge is 2.06. The highest BCUT2D eigenvalue weighted by Crippen LogP contribution is 2.46. The smallest absolute Gasteiger partial charge is 0.312 e. The van der Waals surface area contributed by atoms with Crippen molar-refractivity contribution in [3.63, 3.8) is 0 Å². The summed E-state index contributed by atoms with van der Waals surface area (Å²) < 4.78 is 4.27. The molecule has 0 fully saturated rings. The van der Waals surface area contributed by atoms with Crippen LogP contribution >= 0.6 is 29.1 Å². The van der Waals surface area contributed by atoms with E-state index in [9.17, 15) is 4.79 Å². The molecular weight excluding hydrogens is 170 g/mol. The fraction of sp³-hybridized carbons (Fsp3) is 0.667. The highest BCUT2D eigenvalue weighted by atomic mass is 35.9. The van der Waals surface area contributed by atoms with Crippen LogP contribution in [0.5, 0.6) is 0 Å². The molecule has 0 atom stereocenters. The van der Waals surface area contributed by atoms with Crippen molar-refractivity contribution in [1.29, 1.82) is 0 Å². The van der Waals surface area contributed by atoms with E-state index in [1.165, 1.54) is 7.11 Å². The molecule has 0 rings (SSSR count). The van der Waals surface area contributed by atoms with E-state index in [0.29, 0.717) is 0 Å². The van der Waals surface area contributed by atoms with Gasteiger partial charge in [-0.05, 0) is 0 Å². The zero-order chi connectivity index (χ0) is 6.57. The number of esters is 1. The molecule has 0 radical (unpaired) electrons. The normalized spacial score (nSPS) is 9.50.